The molecule has 0 N–H and O–H groups in total. The molecule has 0 aromatic carbocycles. The van der Waals surface area contributed by atoms with Crippen LogP contribution in [0.25, 0.3) is 0 Å². The van der Waals surface area contributed by atoms with Crippen molar-refractivity contribution in [3.8, 4) is 0 Å². The fraction of sp³-hybridized carbons (Fsp3) is 0.836. The zero-order valence-electron chi connectivity index (χ0n) is 44.5. The number of unbranched alkanes of at least 4 members (excludes halogenated alkanes) is 35. The fourth-order valence-corrected chi connectivity index (χ4v) is 8.45. The number of ether oxygens (including phenoxy) is 3. The summed E-state index contributed by atoms with van der Waals surface area (Å²) in [5.41, 5.74) is 0. The lowest BCUT2D eigenvalue weighted by atomic mass is 10.0. The number of allylic oxidation sites excluding steroid dienone is 8. The lowest BCUT2D eigenvalue weighted by Gasteiger charge is -2.18. The van der Waals surface area contributed by atoms with Crippen molar-refractivity contribution in [1.82, 2.24) is 0 Å². The molecule has 0 aliphatic heterocycles. The minimum atomic E-state index is -0.541. The Morgan fingerprint density at radius 2 is 0.636 bits per heavy atom. The maximum absolute atomic E-state index is 12.9. The van der Waals surface area contributed by atoms with Crippen molar-refractivity contribution in [2.24, 2.45) is 0 Å². The van der Waals surface area contributed by atoms with Crippen molar-refractivity contribution in [2.75, 3.05) is 19.8 Å². The van der Waals surface area contributed by atoms with Crippen molar-refractivity contribution in [2.45, 2.75) is 309 Å². The highest BCUT2D eigenvalue weighted by molar-refractivity contribution is 5.70. The maximum Gasteiger partial charge on any atom is 0.306 e. The largest absolute Gasteiger partial charge is 0.462 e. The maximum atomic E-state index is 12.9. The first kappa shape index (κ1) is 63.9. The number of carbonyl (C=O) groups excluding carboxylic acids is 2. The third-order valence-electron chi connectivity index (χ3n) is 12.8. The molecule has 5 heteroatoms. The monoisotopic (exact) mass is 925 g/mol. The van der Waals surface area contributed by atoms with Gasteiger partial charge in [0, 0.05) is 19.4 Å². The third-order valence-corrected chi connectivity index (χ3v) is 12.8. The molecule has 0 aromatic rings. The van der Waals surface area contributed by atoms with Gasteiger partial charge in [0.15, 0.2) is 6.10 Å². The van der Waals surface area contributed by atoms with Crippen LogP contribution in [0.1, 0.15) is 303 Å². The Hall–Kier alpha value is -2.14. The molecular weight excluding hydrogens is 813 g/mol. The first-order valence-corrected chi connectivity index (χ1v) is 29.2. The lowest BCUT2D eigenvalue weighted by molar-refractivity contribution is -0.163. The summed E-state index contributed by atoms with van der Waals surface area (Å²) in [5, 5.41) is 0. The molecule has 0 amide bonds. The molecule has 0 aliphatic rings. The SMILES string of the molecule is CCCCC/C=C\C/C=C\CCCCCCCCCCCC(=O)OCC(COCCCCCCCC/C=C\C/C=C\CCCCC)OC(=O)CCCCCCCCCCCCCCCCC. The van der Waals surface area contributed by atoms with Gasteiger partial charge in [-0.15, -0.1) is 0 Å². The van der Waals surface area contributed by atoms with Crippen LogP contribution in [-0.2, 0) is 23.8 Å². The van der Waals surface area contributed by atoms with Gasteiger partial charge in [0.2, 0.25) is 0 Å². The number of rotatable bonds is 54. The summed E-state index contributed by atoms with van der Waals surface area (Å²) < 4.78 is 17.5. The Morgan fingerprint density at radius 1 is 0.333 bits per heavy atom. The molecule has 0 fully saturated rings. The summed E-state index contributed by atoms with van der Waals surface area (Å²) in [6, 6.07) is 0. The normalized spacial score (nSPS) is 12.5. The molecule has 66 heavy (non-hydrogen) atoms. The molecule has 0 aliphatic carbocycles. The number of hydrogen-bond acceptors (Lipinski definition) is 5. The lowest BCUT2D eigenvalue weighted by Crippen LogP contribution is -2.30. The molecule has 0 radical (unpaired) electrons. The van der Waals surface area contributed by atoms with Gasteiger partial charge in [-0.05, 0) is 83.5 Å². The minimum Gasteiger partial charge on any atom is -0.462 e. The van der Waals surface area contributed by atoms with Crippen LogP contribution in [0.3, 0.4) is 0 Å². The zero-order valence-corrected chi connectivity index (χ0v) is 44.5. The second-order valence-electron chi connectivity index (χ2n) is 19.5. The van der Waals surface area contributed by atoms with Crippen molar-refractivity contribution in [3.63, 3.8) is 0 Å². The van der Waals surface area contributed by atoms with Crippen LogP contribution in [0.5, 0.6) is 0 Å². The van der Waals surface area contributed by atoms with E-state index in [4.69, 9.17) is 14.2 Å². The second kappa shape index (κ2) is 57.2. The topological polar surface area (TPSA) is 61.8 Å². The number of esters is 2. The van der Waals surface area contributed by atoms with Crippen LogP contribution >= 0.6 is 0 Å². The van der Waals surface area contributed by atoms with Crippen molar-refractivity contribution >= 4 is 11.9 Å². The summed E-state index contributed by atoms with van der Waals surface area (Å²) in [6.07, 6.45) is 71.2. The molecule has 1 atom stereocenters. The molecule has 0 saturated carbocycles. The highest BCUT2D eigenvalue weighted by Gasteiger charge is 2.17. The standard InChI is InChI=1S/C61H112O5/c1-4-7-10-13-16-19-22-25-28-30-31-32-34-36-39-42-45-48-51-54-60(62)65-58-59(57-64-56-53-50-47-44-41-38-35-29-26-23-20-17-14-11-8-5-2)66-61(63)55-52-49-46-43-40-37-33-27-24-21-18-15-12-9-6-3/h16-17,19-20,25-26,28-29,59H,4-15,18,21-24,27,30-58H2,1-3H3/b19-16-,20-17-,28-25-,29-26-. The molecule has 0 rings (SSSR count). The average molecular weight is 926 g/mol. The Labute approximate surface area is 412 Å². The van der Waals surface area contributed by atoms with Crippen LogP contribution in [-0.4, -0.2) is 37.9 Å². The molecule has 0 aromatic heterocycles. The van der Waals surface area contributed by atoms with E-state index in [9.17, 15) is 9.59 Å². The van der Waals surface area contributed by atoms with E-state index < -0.39 is 6.10 Å². The first-order valence-electron chi connectivity index (χ1n) is 29.2. The summed E-state index contributed by atoms with van der Waals surface area (Å²) in [7, 11) is 0. The number of carbonyl (C=O) groups is 2. The van der Waals surface area contributed by atoms with Gasteiger partial charge in [-0.3, -0.25) is 9.59 Å². The van der Waals surface area contributed by atoms with E-state index in [-0.39, 0.29) is 25.2 Å². The third kappa shape index (κ3) is 54.5. The van der Waals surface area contributed by atoms with Gasteiger partial charge >= 0.3 is 11.9 Å². The quantitative estimate of drug-likeness (QED) is 0.0345. The van der Waals surface area contributed by atoms with E-state index in [2.05, 4.69) is 69.4 Å². The van der Waals surface area contributed by atoms with Crippen LogP contribution in [0.4, 0.5) is 0 Å². The van der Waals surface area contributed by atoms with E-state index >= 15 is 0 Å². The van der Waals surface area contributed by atoms with Gasteiger partial charge < -0.3 is 14.2 Å². The summed E-state index contributed by atoms with van der Waals surface area (Å²) in [5.74, 6) is -0.392. The second-order valence-corrected chi connectivity index (χ2v) is 19.5. The smallest absolute Gasteiger partial charge is 0.306 e. The van der Waals surface area contributed by atoms with Gasteiger partial charge in [-0.25, -0.2) is 0 Å². The predicted octanol–water partition coefficient (Wildman–Crippen LogP) is 19.9. The molecule has 1 unspecified atom stereocenters. The van der Waals surface area contributed by atoms with Gasteiger partial charge in [0.05, 0.1) is 6.61 Å². The summed E-state index contributed by atoms with van der Waals surface area (Å²) >= 11 is 0. The Morgan fingerprint density at radius 3 is 1.03 bits per heavy atom. The van der Waals surface area contributed by atoms with Gasteiger partial charge in [-0.1, -0.05) is 256 Å². The fourth-order valence-electron chi connectivity index (χ4n) is 8.45. The van der Waals surface area contributed by atoms with Crippen molar-refractivity contribution in [3.05, 3.63) is 48.6 Å². The van der Waals surface area contributed by atoms with Crippen molar-refractivity contribution < 1.29 is 23.8 Å². The Kier molecular flexibility index (Phi) is 55.3. The van der Waals surface area contributed by atoms with Crippen LogP contribution in [0.15, 0.2) is 48.6 Å². The summed E-state index contributed by atoms with van der Waals surface area (Å²) in [6.45, 7) is 7.80. The summed E-state index contributed by atoms with van der Waals surface area (Å²) in [4.78, 5) is 25.5. The molecule has 0 bridgehead atoms. The van der Waals surface area contributed by atoms with E-state index in [0.29, 0.717) is 19.4 Å². The van der Waals surface area contributed by atoms with Crippen molar-refractivity contribution in [1.29, 1.82) is 0 Å². The van der Waals surface area contributed by atoms with Crippen LogP contribution < -0.4 is 0 Å². The molecular formula is C61H112O5. The highest BCUT2D eigenvalue weighted by Crippen LogP contribution is 2.16. The van der Waals surface area contributed by atoms with E-state index in [1.807, 2.05) is 0 Å². The molecule has 0 spiro atoms. The predicted molar refractivity (Wildman–Crippen MR) is 288 cm³/mol. The van der Waals surface area contributed by atoms with E-state index in [1.54, 1.807) is 0 Å². The van der Waals surface area contributed by atoms with Gasteiger partial charge in [0.25, 0.3) is 0 Å². The molecule has 0 saturated heterocycles. The first-order chi connectivity index (χ1) is 32.6. The number of hydrogen-bond donors (Lipinski definition) is 0. The Bertz CT molecular complexity index is 1090. The average Bonchev–Trinajstić information content (AvgIpc) is 3.32. The molecule has 0 heterocycles. The minimum absolute atomic E-state index is 0.0824. The van der Waals surface area contributed by atoms with Gasteiger partial charge in [-0.2, -0.15) is 0 Å². The van der Waals surface area contributed by atoms with Crippen LogP contribution in [0.2, 0.25) is 0 Å². The van der Waals surface area contributed by atoms with Crippen LogP contribution in [0, 0.1) is 0 Å². The molecule has 5 nitrogen and oxygen atoms in total. The highest BCUT2D eigenvalue weighted by atomic mass is 16.6. The molecule has 386 valence electrons. The van der Waals surface area contributed by atoms with E-state index in [0.717, 1.165) is 51.4 Å². The Balaban J connectivity index is 4.25. The van der Waals surface area contributed by atoms with Gasteiger partial charge in [0.1, 0.15) is 6.61 Å². The zero-order chi connectivity index (χ0) is 47.7. The van der Waals surface area contributed by atoms with E-state index in [1.165, 1.54) is 218 Å².